The molecule has 2 rings (SSSR count). The molecule has 1 N–H and O–H groups in total. The van der Waals surface area contributed by atoms with E-state index >= 15 is 0 Å². The Morgan fingerprint density at radius 2 is 1.90 bits per heavy atom. The quantitative estimate of drug-likeness (QED) is 0.823. The number of hydrogen-bond donors (Lipinski definition) is 1. The maximum atomic E-state index is 4.64. The molecule has 1 unspecified atom stereocenters. The largest absolute Gasteiger partial charge is 0.316 e. The van der Waals surface area contributed by atoms with E-state index in [1.807, 2.05) is 0 Å². The molecule has 1 heterocycles. The molecule has 0 saturated carbocycles. The van der Waals surface area contributed by atoms with E-state index in [2.05, 4.69) is 67.6 Å². The Hall–Kier alpha value is -1.19. The van der Waals surface area contributed by atoms with Gasteiger partial charge in [0.15, 0.2) is 0 Å². The zero-order valence-corrected chi connectivity index (χ0v) is 14.3. The third-order valence-electron chi connectivity index (χ3n) is 3.69. The first-order chi connectivity index (χ1) is 10.1. The second kappa shape index (κ2) is 7.71. The van der Waals surface area contributed by atoms with Crippen LogP contribution in [0.4, 0.5) is 0 Å². The Balaban J connectivity index is 2.12. The normalized spacial score (nSPS) is 12.8. The fraction of sp³-hybridized carbons (Fsp3) is 0.500. The Morgan fingerprint density at radius 1 is 1.14 bits per heavy atom. The average Bonchev–Trinajstić information content (AvgIpc) is 2.83. The molecule has 114 valence electrons. The van der Waals surface area contributed by atoms with Crippen molar-refractivity contribution in [1.82, 2.24) is 10.3 Å². The molecule has 3 heteroatoms. The van der Waals surface area contributed by atoms with E-state index < -0.39 is 0 Å². The maximum Gasteiger partial charge on any atom is 0.0897 e. The van der Waals surface area contributed by atoms with Crippen LogP contribution >= 0.6 is 11.3 Å². The van der Waals surface area contributed by atoms with E-state index in [1.165, 1.54) is 16.8 Å². The molecule has 0 amide bonds. The molecule has 0 radical (unpaired) electrons. The summed E-state index contributed by atoms with van der Waals surface area (Å²) in [5.74, 6) is 1.18. The van der Waals surface area contributed by atoms with Gasteiger partial charge in [-0.2, -0.15) is 0 Å². The predicted octanol–water partition coefficient (Wildman–Crippen LogP) is 4.33. The van der Waals surface area contributed by atoms with Gasteiger partial charge in [0.2, 0.25) is 0 Å². The number of nitrogens with zero attached hydrogens (tertiary/aromatic N) is 1. The molecule has 1 aromatic carbocycles. The Bertz CT molecular complexity index is 560. The van der Waals surface area contributed by atoms with Crippen LogP contribution in [-0.4, -0.2) is 18.1 Å². The minimum absolute atomic E-state index is 0.492. The molecule has 0 saturated heterocycles. The van der Waals surface area contributed by atoms with Crippen molar-refractivity contribution < 1.29 is 0 Å². The molecule has 21 heavy (non-hydrogen) atoms. The van der Waals surface area contributed by atoms with Crippen molar-refractivity contribution in [2.45, 2.75) is 40.0 Å². The standard InChI is InChI=1S/C18H26N2S/c1-13(2)10-19-11-16(9-17-12-21-15(4)20-17)18-8-6-5-7-14(18)3/h5-8,12-13,16,19H,9-11H2,1-4H3. The van der Waals surface area contributed by atoms with E-state index in [0.29, 0.717) is 11.8 Å². The Morgan fingerprint density at radius 3 is 2.52 bits per heavy atom. The smallest absolute Gasteiger partial charge is 0.0897 e. The van der Waals surface area contributed by atoms with Crippen molar-refractivity contribution in [3.63, 3.8) is 0 Å². The summed E-state index contributed by atoms with van der Waals surface area (Å²) in [6.07, 6.45) is 1.01. The first-order valence-corrected chi connectivity index (χ1v) is 8.61. The second-order valence-electron chi connectivity index (χ2n) is 6.17. The number of nitrogens with one attached hydrogen (secondary N) is 1. The lowest BCUT2D eigenvalue weighted by Gasteiger charge is -2.20. The van der Waals surface area contributed by atoms with Gasteiger partial charge in [-0.05, 0) is 43.9 Å². The third kappa shape index (κ3) is 4.94. The highest BCUT2D eigenvalue weighted by Gasteiger charge is 2.15. The molecule has 2 nitrogen and oxygen atoms in total. The van der Waals surface area contributed by atoms with Crippen LogP contribution in [0.3, 0.4) is 0 Å². The molecule has 0 aliphatic rings. The summed E-state index contributed by atoms with van der Waals surface area (Å²) in [6, 6.07) is 8.72. The molecule has 1 aromatic heterocycles. The van der Waals surface area contributed by atoms with Crippen LogP contribution in [0.2, 0.25) is 0 Å². The number of thiazole rings is 1. The minimum atomic E-state index is 0.492. The lowest BCUT2D eigenvalue weighted by Crippen LogP contribution is -2.27. The molecule has 0 bridgehead atoms. The van der Waals surface area contributed by atoms with Crippen LogP contribution in [-0.2, 0) is 6.42 Å². The first-order valence-electron chi connectivity index (χ1n) is 7.73. The van der Waals surface area contributed by atoms with Crippen molar-refractivity contribution in [2.24, 2.45) is 5.92 Å². The molecule has 0 aliphatic heterocycles. The molecule has 0 spiro atoms. The summed E-state index contributed by atoms with van der Waals surface area (Å²) in [6.45, 7) is 10.9. The summed E-state index contributed by atoms with van der Waals surface area (Å²) >= 11 is 1.74. The predicted molar refractivity (Wildman–Crippen MR) is 92.2 cm³/mol. The van der Waals surface area contributed by atoms with Gasteiger partial charge < -0.3 is 5.32 Å². The number of aromatic nitrogens is 1. The molecule has 0 aliphatic carbocycles. The molecule has 0 fully saturated rings. The lowest BCUT2D eigenvalue weighted by atomic mass is 9.91. The Kier molecular flexibility index (Phi) is 5.95. The monoisotopic (exact) mass is 302 g/mol. The van der Waals surface area contributed by atoms with E-state index in [9.17, 15) is 0 Å². The molecule has 1 atom stereocenters. The summed E-state index contributed by atoms with van der Waals surface area (Å²) in [7, 11) is 0. The van der Waals surface area contributed by atoms with Gasteiger partial charge in [0, 0.05) is 17.8 Å². The second-order valence-corrected chi connectivity index (χ2v) is 7.23. The Labute approximate surface area is 132 Å². The van der Waals surface area contributed by atoms with Crippen molar-refractivity contribution in [3.8, 4) is 0 Å². The minimum Gasteiger partial charge on any atom is -0.316 e. The molecular weight excluding hydrogens is 276 g/mol. The summed E-state index contributed by atoms with van der Waals surface area (Å²) < 4.78 is 0. The third-order valence-corrected chi connectivity index (χ3v) is 4.52. The average molecular weight is 302 g/mol. The van der Waals surface area contributed by atoms with Crippen molar-refractivity contribution in [1.29, 1.82) is 0 Å². The van der Waals surface area contributed by atoms with Crippen molar-refractivity contribution >= 4 is 11.3 Å². The van der Waals surface area contributed by atoms with Gasteiger partial charge >= 0.3 is 0 Å². The first kappa shape index (κ1) is 16.2. The van der Waals surface area contributed by atoms with Crippen LogP contribution < -0.4 is 5.32 Å². The SMILES string of the molecule is Cc1nc(CC(CNCC(C)C)c2ccccc2C)cs1. The van der Waals surface area contributed by atoms with Crippen LogP contribution in [0.15, 0.2) is 29.6 Å². The highest BCUT2D eigenvalue weighted by atomic mass is 32.1. The number of aryl methyl sites for hydroxylation is 2. The fourth-order valence-electron chi connectivity index (χ4n) is 2.64. The van der Waals surface area contributed by atoms with Gasteiger partial charge in [0.05, 0.1) is 10.7 Å². The number of hydrogen-bond acceptors (Lipinski definition) is 3. The van der Waals surface area contributed by atoms with Crippen molar-refractivity contribution in [3.05, 3.63) is 51.5 Å². The van der Waals surface area contributed by atoms with Crippen LogP contribution in [0.1, 0.15) is 41.6 Å². The van der Waals surface area contributed by atoms with Gasteiger partial charge in [0.25, 0.3) is 0 Å². The van der Waals surface area contributed by atoms with E-state index in [4.69, 9.17) is 0 Å². The molecular formula is C18H26N2S. The fourth-order valence-corrected chi connectivity index (χ4v) is 3.26. The highest BCUT2D eigenvalue weighted by molar-refractivity contribution is 7.09. The number of benzene rings is 1. The summed E-state index contributed by atoms with van der Waals surface area (Å²) in [5, 5.41) is 6.97. The summed E-state index contributed by atoms with van der Waals surface area (Å²) in [5.41, 5.74) is 4.04. The van der Waals surface area contributed by atoms with Gasteiger partial charge in [-0.25, -0.2) is 4.98 Å². The van der Waals surface area contributed by atoms with Crippen LogP contribution in [0.25, 0.3) is 0 Å². The van der Waals surface area contributed by atoms with Gasteiger partial charge in [-0.1, -0.05) is 38.1 Å². The van der Waals surface area contributed by atoms with Gasteiger partial charge in [0.1, 0.15) is 0 Å². The topological polar surface area (TPSA) is 24.9 Å². The zero-order chi connectivity index (χ0) is 15.2. The number of rotatable bonds is 7. The highest BCUT2D eigenvalue weighted by Crippen LogP contribution is 2.24. The molecule has 2 aromatic rings. The van der Waals surface area contributed by atoms with Gasteiger partial charge in [-0.3, -0.25) is 0 Å². The lowest BCUT2D eigenvalue weighted by molar-refractivity contribution is 0.511. The van der Waals surface area contributed by atoms with Crippen LogP contribution in [0.5, 0.6) is 0 Å². The van der Waals surface area contributed by atoms with E-state index in [0.717, 1.165) is 24.5 Å². The summed E-state index contributed by atoms with van der Waals surface area (Å²) in [4.78, 5) is 4.64. The van der Waals surface area contributed by atoms with E-state index in [-0.39, 0.29) is 0 Å². The van der Waals surface area contributed by atoms with E-state index in [1.54, 1.807) is 11.3 Å². The zero-order valence-electron chi connectivity index (χ0n) is 13.5. The van der Waals surface area contributed by atoms with Gasteiger partial charge in [-0.15, -0.1) is 11.3 Å². The van der Waals surface area contributed by atoms with Crippen LogP contribution in [0, 0.1) is 19.8 Å². The van der Waals surface area contributed by atoms with Crippen molar-refractivity contribution in [2.75, 3.05) is 13.1 Å². The maximum absolute atomic E-state index is 4.64.